The van der Waals surface area contributed by atoms with Gasteiger partial charge in [-0.25, -0.2) is 0 Å². The summed E-state index contributed by atoms with van der Waals surface area (Å²) in [6.45, 7) is 6.05. The molecule has 1 unspecified atom stereocenters. The molecule has 0 fully saturated rings. The molecule has 0 aromatic rings. The Kier molecular flexibility index (Phi) is 16.7. The number of aliphatic hydroxyl groups is 2. The normalized spacial score (nSPS) is 12.8. The van der Waals surface area contributed by atoms with Crippen LogP contribution in [0.1, 0.15) is 52.4 Å². The van der Waals surface area contributed by atoms with Gasteiger partial charge in [0.05, 0.1) is 12.3 Å². The number of rotatable bonds is 11. The third kappa shape index (κ3) is 17.8. The van der Waals surface area contributed by atoms with Gasteiger partial charge in [0.15, 0.2) is 0 Å². The molecule has 20 heavy (non-hydrogen) atoms. The average Bonchev–Trinajstić information content (AvgIpc) is 2.42. The fraction of sp³-hybridized carbons (Fsp3) is 1.00. The van der Waals surface area contributed by atoms with Gasteiger partial charge in [-0.05, 0) is 25.8 Å². The van der Waals surface area contributed by atoms with Gasteiger partial charge in [0.1, 0.15) is 0 Å². The third-order valence-electron chi connectivity index (χ3n) is 3.08. The second kappa shape index (κ2) is 15.2. The molecular formula is C14H36N4O2. The van der Waals surface area contributed by atoms with Gasteiger partial charge in [-0.2, -0.15) is 0 Å². The molecular weight excluding hydrogens is 256 g/mol. The molecule has 1 atom stereocenters. The molecule has 0 radical (unpaired) electrons. The van der Waals surface area contributed by atoms with E-state index in [1.54, 1.807) is 0 Å². The zero-order valence-corrected chi connectivity index (χ0v) is 13.3. The van der Waals surface area contributed by atoms with E-state index in [9.17, 15) is 0 Å². The van der Waals surface area contributed by atoms with Gasteiger partial charge in [0, 0.05) is 25.6 Å². The molecule has 0 aromatic carbocycles. The maximum absolute atomic E-state index is 8.54. The van der Waals surface area contributed by atoms with Crippen LogP contribution < -0.4 is 22.5 Å². The lowest BCUT2D eigenvalue weighted by Gasteiger charge is -2.22. The number of nitrogens with one attached hydrogen (secondary N) is 1. The number of nitrogens with two attached hydrogens (primary N) is 3. The number of aliphatic hydroxyl groups excluding tert-OH is 2. The van der Waals surface area contributed by atoms with Crippen molar-refractivity contribution in [2.45, 2.75) is 64.1 Å². The zero-order valence-electron chi connectivity index (χ0n) is 13.3. The largest absolute Gasteiger partial charge is 0.396 e. The van der Waals surface area contributed by atoms with E-state index in [4.69, 9.17) is 27.4 Å². The lowest BCUT2D eigenvalue weighted by atomic mass is 10.0. The molecule has 6 nitrogen and oxygen atoms in total. The standard InChI is InChI=1S/2C7H18N2O/c1-2-7(8)3-4-9-5-6-10;1-2-3-4-7(8,9)5-6-10/h7,9-10H,2-6,8H2,1H3;10H,2-6,8-9H2,1H3. The van der Waals surface area contributed by atoms with Crippen LogP contribution in [0, 0.1) is 0 Å². The topological polar surface area (TPSA) is 131 Å². The molecule has 0 spiro atoms. The minimum atomic E-state index is -0.648. The van der Waals surface area contributed by atoms with Crippen molar-refractivity contribution in [1.82, 2.24) is 5.32 Å². The first-order chi connectivity index (χ1) is 9.43. The molecule has 0 aliphatic heterocycles. The molecule has 0 aromatic heterocycles. The van der Waals surface area contributed by atoms with Gasteiger partial charge in [-0.3, -0.25) is 0 Å². The molecule has 0 aliphatic carbocycles. The van der Waals surface area contributed by atoms with Crippen LogP contribution in [0.3, 0.4) is 0 Å². The molecule has 0 heterocycles. The van der Waals surface area contributed by atoms with Crippen LogP contribution in [0.15, 0.2) is 0 Å². The summed E-state index contributed by atoms with van der Waals surface area (Å²) >= 11 is 0. The van der Waals surface area contributed by atoms with Crippen molar-refractivity contribution in [3.63, 3.8) is 0 Å². The molecule has 0 saturated carbocycles. The van der Waals surface area contributed by atoms with Crippen LogP contribution in [0.2, 0.25) is 0 Å². The molecule has 9 N–H and O–H groups in total. The lowest BCUT2D eigenvalue weighted by molar-refractivity contribution is 0.231. The summed E-state index contributed by atoms with van der Waals surface area (Å²) in [5, 5.41) is 20.0. The monoisotopic (exact) mass is 292 g/mol. The fourth-order valence-corrected chi connectivity index (χ4v) is 1.53. The number of hydrogen-bond donors (Lipinski definition) is 6. The van der Waals surface area contributed by atoms with Crippen LogP contribution in [-0.2, 0) is 0 Å². The van der Waals surface area contributed by atoms with Gasteiger partial charge in [0.25, 0.3) is 0 Å². The Labute approximate surface area is 124 Å². The minimum Gasteiger partial charge on any atom is -0.396 e. The van der Waals surface area contributed by atoms with E-state index in [1.165, 1.54) is 0 Å². The second-order valence-corrected chi connectivity index (χ2v) is 5.24. The Morgan fingerprint density at radius 1 is 1.05 bits per heavy atom. The first-order valence-corrected chi connectivity index (χ1v) is 7.69. The summed E-state index contributed by atoms with van der Waals surface area (Å²) in [4.78, 5) is 0. The highest BCUT2D eigenvalue weighted by Gasteiger charge is 2.16. The van der Waals surface area contributed by atoms with Gasteiger partial charge >= 0.3 is 0 Å². The molecule has 6 heteroatoms. The van der Waals surface area contributed by atoms with Crippen molar-refractivity contribution >= 4 is 0 Å². The van der Waals surface area contributed by atoms with E-state index in [2.05, 4.69) is 19.2 Å². The van der Waals surface area contributed by atoms with E-state index in [0.717, 1.165) is 38.6 Å². The number of unbranched alkanes of at least 4 members (excludes halogenated alkanes) is 1. The summed E-state index contributed by atoms with van der Waals surface area (Å²) in [6, 6.07) is 0.311. The highest BCUT2D eigenvalue weighted by molar-refractivity contribution is 4.75. The zero-order chi connectivity index (χ0) is 15.9. The molecule has 0 amide bonds. The summed E-state index contributed by atoms with van der Waals surface area (Å²) in [6.07, 6.45) is 5.45. The van der Waals surface area contributed by atoms with E-state index in [0.29, 0.717) is 19.0 Å². The first-order valence-electron chi connectivity index (χ1n) is 7.69. The van der Waals surface area contributed by atoms with Crippen LogP contribution in [0.4, 0.5) is 0 Å². The highest BCUT2D eigenvalue weighted by atomic mass is 16.3. The second-order valence-electron chi connectivity index (χ2n) is 5.24. The van der Waals surface area contributed by atoms with Gasteiger partial charge < -0.3 is 32.7 Å². The summed E-state index contributed by atoms with van der Waals surface area (Å²) < 4.78 is 0. The van der Waals surface area contributed by atoms with Crippen LogP contribution in [0.25, 0.3) is 0 Å². The smallest absolute Gasteiger partial charge is 0.0658 e. The molecule has 0 saturated heterocycles. The van der Waals surface area contributed by atoms with Crippen molar-refractivity contribution in [3.8, 4) is 0 Å². The van der Waals surface area contributed by atoms with E-state index >= 15 is 0 Å². The average molecular weight is 292 g/mol. The van der Waals surface area contributed by atoms with Crippen LogP contribution in [0.5, 0.6) is 0 Å². The molecule has 0 rings (SSSR count). The summed E-state index contributed by atoms with van der Waals surface area (Å²) in [5.41, 5.74) is 16.3. The Morgan fingerprint density at radius 3 is 2.15 bits per heavy atom. The Bertz CT molecular complexity index is 192. The van der Waals surface area contributed by atoms with E-state index < -0.39 is 5.66 Å². The van der Waals surface area contributed by atoms with Crippen LogP contribution in [-0.4, -0.2) is 48.2 Å². The van der Waals surface area contributed by atoms with Gasteiger partial charge in [-0.15, -0.1) is 0 Å². The van der Waals surface area contributed by atoms with E-state index in [-0.39, 0.29) is 13.2 Å². The van der Waals surface area contributed by atoms with E-state index in [1.807, 2.05) is 0 Å². The molecule has 124 valence electrons. The Balaban J connectivity index is 0. The highest BCUT2D eigenvalue weighted by Crippen LogP contribution is 2.08. The minimum absolute atomic E-state index is 0.0801. The Hall–Kier alpha value is -0.240. The maximum Gasteiger partial charge on any atom is 0.0658 e. The van der Waals surface area contributed by atoms with Crippen molar-refractivity contribution in [2.24, 2.45) is 17.2 Å². The van der Waals surface area contributed by atoms with Crippen molar-refractivity contribution < 1.29 is 10.2 Å². The van der Waals surface area contributed by atoms with Crippen LogP contribution >= 0.6 is 0 Å². The Morgan fingerprint density at radius 2 is 1.70 bits per heavy atom. The summed E-state index contributed by atoms with van der Waals surface area (Å²) in [7, 11) is 0. The van der Waals surface area contributed by atoms with Crippen molar-refractivity contribution in [3.05, 3.63) is 0 Å². The molecule has 0 aliphatic rings. The first kappa shape index (κ1) is 22.0. The fourth-order valence-electron chi connectivity index (χ4n) is 1.53. The number of hydrogen-bond acceptors (Lipinski definition) is 6. The van der Waals surface area contributed by atoms with Crippen molar-refractivity contribution in [2.75, 3.05) is 26.3 Å². The third-order valence-corrected chi connectivity index (χ3v) is 3.08. The van der Waals surface area contributed by atoms with Gasteiger partial charge in [0.2, 0.25) is 0 Å². The predicted octanol–water partition coefficient (Wildman–Crippen LogP) is -0.132. The maximum atomic E-state index is 8.54. The quantitative estimate of drug-likeness (QED) is 0.232. The van der Waals surface area contributed by atoms with Gasteiger partial charge in [-0.1, -0.05) is 26.7 Å². The van der Waals surface area contributed by atoms with Crippen molar-refractivity contribution in [1.29, 1.82) is 0 Å². The summed E-state index contributed by atoms with van der Waals surface area (Å²) in [5.74, 6) is 0. The molecule has 0 bridgehead atoms. The SMILES string of the molecule is CCC(N)CCNCCO.CCCCC(N)(N)CCO. The lowest BCUT2D eigenvalue weighted by Crippen LogP contribution is -2.49. The predicted molar refractivity (Wildman–Crippen MR) is 85.2 cm³/mol.